The fraction of sp³-hybridized carbons (Fsp3) is 0.867. The van der Waals surface area contributed by atoms with E-state index >= 15 is 0 Å². The molecule has 1 fully saturated rings. The Morgan fingerprint density at radius 3 is 2.30 bits per heavy atom. The van der Waals surface area contributed by atoms with Crippen molar-refractivity contribution in [1.29, 1.82) is 0 Å². The molecule has 1 aliphatic carbocycles. The van der Waals surface area contributed by atoms with Gasteiger partial charge < -0.3 is 15.4 Å². The van der Waals surface area contributed by atoms with Crippen molar-refractivity contribution in [3.05, 3.63) is 0 Å². The zero-order valence-electron chi connectivity index (χ0n) is 12.7. The summed E-state index contributed by atoms with van der Waals surface area (Å²) in [6.45, 7) is 3.95. The minimum Gasteiger partial charge on any atom is -0.463 e. The Hall–Kier alpha value is -1.26. The van der Waals surface area contributed by atoms with Crippen molar-refractivity contribution < 1.29 is 14.3 Å². The number of ether oxygens (including phenoxy) is 1. The number of hydrogen-bond donors (Lipinski definition) is 2. The predicted molar refractivity (Wildman–Crippen MR) is 78.5 cm³/mol. The molecule has 0 atom stereocenters. The summed E-state index contributed by atoms with van der Waals surface area (Å²) in [4.78, 5) is 23.1. The molecule has 0 bridgehead atoms. The maximum absolute atomic E-state index is 11.7. The van der Waals surface area contributed by atoms with E-state index in [9.17, 15) is 9.59 Å². The molecule has 0 aliphatic heterocycles. The predicted octanol–water partition coefficient (Wildman–Crippen LogP) is 2.74. The molecule has 20 heavy (non-hydrogen) atoms. The van der Waals surface area contributed by atoms with E-state index in [2.05, 4.69) is 10.6 Å². The Morgan fingerprint density at radius 1 is 1.10 bits per heavy atom. The first-order valence-electron chi connectivity index (χ1n) is 7.82. The van der Waals surface area contributed by atoms with Crippen molar-refractivity contribution in [3.8, 4) is 0 Å². The van der Waals surface area contributed by atoms with Gasteiger partial charge >= 0.3 is 12.0 Å². The molecule has 0 heterocycles. The highest BCUT2D eigenvalue weighted by atomic mass is 16.5. The van der Waals surface area contributed by atoms with Gasteiger partial charge in [0.1, 0.15) is 0 Å². The molecule has 0 radical (unpaired) electrons. The molecule has 5 nitrogen and oxygen atoms in total. The second-order valence-electron chi connectivity index (χ2n) is 5.73. The fourth-order valence-corrected chi connectivity index (χ4v) is 2.44. The second-order valence-corrected chi connectivity index (χ2v) is 5.73. The highest BCUT2D eigenvalue weighted by molar-refractivity contribution is 5.75. The Kier molecular flexibility index (Phi) is 8.07. The summed E-state index contributed by atoms with van der Waals surface area (Å²) < 4.78 is 5.00. The monoisotopic (exact) mass is 284 g/mol. The number of carbonyl (C=O) groups is 2. The maximum Gasteiger partial charge on any atom is 0.315 e. The summed E-state index contributed by atoms with van der Waals surface area (Å²) in [6, 6.07) is 0.103. The Bertz CT molecular complexity index is 297. The van der Waals surface area contributed by atoms with Crippen molar-refractivity contribution in [3.63, 3.8) is 0 Å². The van der Waals surface area contributed by atoms with Gasteiger partial charge in [-0.2, -0.15) is 0 Å². The van der Waals surface area contributed by atoms with Gasteiger partial charge in [0.2, 0.25) is 0 Å². The Labute approximate surface area is 121 Å². The van der Waals surface area contributed by atoms with E-state index in [0.717, 1.165) is 12.8 Å². The van der Waals surface area contributed by atoms with Crippen LogP contribution in [-0.2, 0) is 9.53 Å². The molecule has 5 heteroatoms. The lowest BCUT2D eigenvalue weighted by Gasteiger charge is -2.21. The van der Waals surface area contributed by atoms with Gasteiger partial charge in [0, 0.05) is 12.6 Å². The molecular formula is C15H28N2O3. The van der Waals surface area contributed by atoms with Gasteiger partial charge in [-0.05, 0) is 26.7 Å². The lowest BCUT2D eigenvalue weighted by molar-refractivity contribution is -0.147. The van der Waals surface area contributed by atoms with Crippen LogP contribution in [0, 0.1) is 0 Å². The standard InChI is InChI=1S/C15H28N2O3/c1-12(2)20-14(18)10-11-16-15(19)17-13-8-6-4-3-5-7-9-13/h12-13H,3-11H2,1-2H3,(H2,16,17,19). The highest BCUT2D eigenvalue weighted by Crippen LogP contribution is 2.16. The normalized spacial score (nSPS) is 17.1. The van der Waals surface area contributed by atoms with Gasteiger partial charge in [-0.25, -0.2) is 4.79 Å². The van der Waals surface area contributed by atoms with Crippen LogP contribution < -0.4 is 10.6 Å². The molecular weight excluding hydrogens is 256 g/mol. The first-order valence-corrected chi connectivity index (χ1v) is 7.82. The topological polar surface area (TPSA) is 67.4 Å². The number of hydrogen-bond acceptors (Lipinski definition) is 3. The molecule has 1 rings (SSSR count). The number of urea groups is 1. The molecule has 0 aromatic rings. The van der Waals surface area contributed by atoms with Crippen LogP contribution in [0.15, 0.2) is 0 Å². The SMILES string of the molecule is CC(C)OC(=O)CCNC(=O)NC1CCCCCCC1. The van der Waals surface area contributed by atoms with Gasteiger partial charge in [0.05, 0.1) is 12.5 Å². The fourth-order valence-electron chi connectivity index (χ4n) is 2.44. The third-order valence-electron chi connectivity index (χ3n) is 3.42. The summed E-state index contributed by atoms with van der Waals surface area (Å²) in [6.07, 6.45) is 8.45. The van der Waals surface area contributed by atoms with Crippen molar-refractivity contribution >= 4 is 12.0 Å². The van der Waals surface area contributed by atoms with Crippen LogP contribution in [0.1, 0.15) is 65.2 Å². The van der Waals surface area contributed by atoms with Crippen LogP contribution in [0.3, 0.4) is 0 Å². The molecule has 1 saturated carbocycles. The number of nitrogens with one attached hydrogen (secondary N) is 2. The molecule has 0 unspecified atom stereocenters. The van der Waals surface area contributed by atoms with Gasteiger partial charge in [0.15, 0.2) is 0 Å². The van der Waals surface area contributed by atoms with E-state index in [-0.39, 0.29) is 30.6 Å². The molecule has 2 amide bonds. The molecule has 0 spiro atoms. The average Bonchev–Trinajstić information content (AvgIpc) is 2.31. The number of carbonyl (C=O) groups excluding carboxylic acids is 2. The van der Waals surface area contributed by atoms with Crippen LogP contribution >= 0.6 is 0 Å². The lowest BCUT2D eigenvalue weighted by atomic mass is 9.97. The number of amides is 2. The molecule has 0 saturated heterocycles. The van der Waals surface area contributed by atoms with Gasteiger partial charge in [-0.3, -0.25) is 4.79 Å². The third kappa shape index (κ3) is 8.02. The van der Waals surface area contributed by atoms with Crippen molar-refractivity contribution in [2.45, 2.75) is 77.4 Å². The smallest absolute Gasteiger partial charge is 0.315 e. The lowest BCUT2D eigenvalue weighted by Crippen LogP contribution is -2.43. The van der Waals surface area contributed by atoms with Gasteiger partial charge in [-0.1, -0.05) is 32.1 Å². The van der Waals surface area contributed by atoms with Crippen molar-refractivity contribution in [1.82, 2.24) is 10.6 Å². The Morgan fingerprint density at radius 2 is 1.70 bits per heavy atom. The third-order valence-corrected chi connectivity index (χ3v) is 3.42. The molecule has 2 N–H and O–H groups in total. The van der Waals surface area contributed by atoms with Crippen LogP contribution in [0.25, 0.3) is 0 Å². The van der Waals surface area contributed by atoms with Gasteiger partial charge in [0.25, 0.3) is 0 Å². The van der Waals surface area contributed by atoms with E-state index in [1.807, 2.05) is 13.8 Å². The zero-order valence-corrected chi connectivity index (χ0v) is 12.7. The van der Waals surface area contributed by atoms with Crippen LogP contribution in [-0.4, -0.2) is 30.7 Å². The molecule has 1 aliphatic rings. The van der Waals surface area contributed by atoms with Crippen molar-refractivity contribution in [2.75, 3.05) is 6.54 Å². The molecule has 116 valence electrons. The summed E-state index contributed by atoms with van der Waals surface area (Å²) in [5.74, 6) is -0.272. The van der Waals surface area contributed by atoms with Crippen LogP contribution in [0.4, 0.5) is 4.79 Å². The Balaban J connectivity index is 2.14. The first kappa shape index (κ1) is 16.8. The number of rotatable bonds is 5. The first-order chi connectivity index (χ1) is 9.58. The quantitative estimate of drug-likeness (QED) is 0.763. The average molecular weight is 284 g/mol. The minimum atomic E-state index is -0.272. The summed E-state index contributed by atoms with van der Waals surface area (Å²) in [5, 5.41) is 5.72. The van der Waals surface area contributed by atoms with E-state index in [1.54, 1.807) is 0 Å². The summed E-state index contributed by atoms with van der Waals surface area (Å²) in [5.41, 5.74) is 0. The van der Waals surface area contributed by atoms with Gasteiger partial charge in [-0.15, -0.1) is 0 Å². The second kappa shape index (κ2) is 9.61. The highest BCUT2D eigenvalue weighted by Gasteiger charge is 2.14. The minimum absolute atomic E-state index is 0.105. The number of esters is 1. The zero-order chi connectivity index (χ0) is 14.8. The van der Waals surface area contributed by atoms with Crippen molar-refractivity contribution in [2.24, 2.45) is 0 Å². The largest absolute Gasteiger partial charge is 0.463 e. The van der Waals surface area contributed by atoms with Crippen LogP contribution in [0.5, 0.6) is 0 Å². The van der Waals surface area contributed by atoms with E-state index in [1.165, 1.54) is 32.1 Å². The molecule has 0 aromatic carbocycles. The summed E-state index contributed by atoms with van der Waals surface area (Å²) >= 11 is 0. The van der Waals surface area contributed by atoms with Crippen LogP contribution in [0.2, 0.25) is 0 Å². The maximum atomic E-state index is 11.7. The van der Waals surface area contributed by atoms with E-state index in [0.29, 0.717) is 6.54 Å². The van der Waals surface area contributed by atoms with E-state index in [4.69, 9.17) is 4.74 Å². The molecule has 0 aromatic heterocycles. The summed E-state index contributed by atoms with van der Waals surface area (Å²) in [7, 11) is 0. The van der Waals surface area contributed by atoms with E-state index < -0.39 is 0 Å².